The van der Waals surface area contributed by atoms with Gasteiger partial charge in [-0.2, -0.15) is 5.10 Å². The van der Waals surface area contributed by atoms with Crippen molar-refractivity contribution in [2.24, 2.45) is 0 Å². The second-order valence-corrected chi connectivity index (χ2v) is 7.20. The molecule has 0 radical (unpaired) electrons. The van der Waals surface area contributed by atoms with Crippen molar-refractivity contribution in [3.8, 4) is 0 Å². The van der Waals surface area contributed by atoms with Crippen molar-refractivity contribution in [3.63, 3.8) is 0 Å². The number of nitrogens with zero attached hydrogens (tertiary/aromatic N) is 4. The van der Waals surface area contributed by atoms with Crippen molar-refractivity contribution in [1.82, 2.24) is 20.2 Å². The Morgan fingerprint density at radius 1 is 1.23 bits per heavy atom. The summed E-state index contributed by atoms with van der Waals surface area (Å²) < 4.78 is 13.6. The topological polar surface area (TPSA) is 119 Å². The van der Waals surface area contributed by atoms with E-state index in [1.165, 1.54) is 6.07 Å². The lowest BCUT2D eigenvalue weighted by Crippen LogP contribution is -2.51. The van der Waals surface area contributed by atoms with Crippen molar-refractivity contribution in [2.75, 3.05) is 28.6 Å². The van der Waals surface area contributed by atoms with Crippen LogP contribution in [0.3, 0.4) is 0 Å². The highest BCUT2D eigenvalue weighted by Gasteiger charge is 2.26. The Morgan fingerprint density at radius 2 is 2.07 bits per heavy atom. The quantitative estimate of drug-likeness (QED) is 0.418. The molecule has 0 unspecified atom stereocenters. The predicted molar refractivity (Wildman–Crippen MR) is 110 cm³/mol. The molecule has 10 heteroatoms. The van der Waals surface area contributed by atoms with Crippen molar-refractivity contribution < 1.29 is 14.3 Å². The molecule has 30 heavy (non-hydrogen) atoms. The molecule has 156 valence electrons. The number of hydrogen-bond donors (Lipinski definition) is 4. The molecule has 1 aliphatic rings. The molecule has 1 aliphatic heterocycles. The molecule has 0 spiro atoms. The zero-order valence-corrected chi connectivity index (χ0v) is 16.4. The zero-order valence-electron chi connectivity index (χ0n) is 16.4. The van der Waals surface area contributed by atoms with E-state index in [0.717, 1.165) is 17.1 Å². The predicted octanol–water partition coefficient (Wildman–Crippen LogP) is 1.93. The summed E-state index contributed by atoms with van der Waals surface area (Å²) in [5.74, 6) is 2.18. The Labute approximate surface area is 172 Å². The first-order valence-electron chi connectivity index (χ1n) is 9.59. The first kappa shape index (κ1) is 19.8. The Hall–Kier alpha value is -3.53. The number of aromatic nitrogens is 4. The van der Waals surface area contributed by atoms with E-state index >= 15 is 0 Å². The smallest absolute Gasteiger partial charge is 0.211 e. The minimum Gasteiger partial charge on any atom is -0.389 e. The van der Waals surface area contributed by atoms with Crippen LogP contribution in [-0.4, -0.2) is 50.9 Å². The summed E-state index contributed by atoms with van der Waals surface area (Å²) in [6.07, 6.45) is 1.47. The van der Waals surface area contributed by atoms with Crippen LogP contribution in [0.1, 0.15) is 17.1 Å². The Kier molecular flexibility index (Phi) is 5.57. The third-order valence-electron chi connectivity index (χ3n) is 4.83. The van der Waals surface area contributed by atoms with Crippen molar-refractivity contribution in [1.29, 1.82) is 0 Å². The van der Waals surface area contributed by atoms with E-state index in [-0.39, 0.29) is 11.8 Å². The van der Waals surface area contributed by atoms with Gasteiger partial charge in [0.15, 0.2) is 5.82 Å². The maximum absolute atomic E-state index is 13.6. The molecule has 1 saturated heterocycles. The minimum absolute atomic E-state index is 0.166. The highest BCUT2D eigenvalue weighted by atomic mass is 19.1. The fourth-order valence-corrected chi connectivity index (χ4v) is 3.29. The van der Waals surface area contributed by atoms with Crippen molar-refractivity contribution in [3.05, 3.63) is 53.2 Å². The van der Waals surface area contributed by atoms with Crippen LogP contribution in [0.2, 0.25) is 0 Å². The van der Waals surface area contributed by atoms with Gasteiger partial charge in [0.25, 0.3) is 0 Å². The highest BCUT2D eigenvalue weighted by molar-refractivity contribution is 5.71. The lowest BCUT2D eigenvalue weighted by molar-refractivity contribution is -0.105. The molecular formula is C20H22FN7O2. The van der Waals surface area contributed by atoms with Crippen LogP contribution in [0, 0.1) is 12.7 Å². The van der Waals surface area contributed by atoms with Crippen molar-refractivity contribution >= 4 is 29.6 Å². The molecule has 4 rings (SSSR count). The van der Waals surface area contributed by atoms with E-state index in [9.17, 15) is 14.3 Å². The van der Waals surface area contributed by atoms with Crippen LogP contribution >= 0.6 is 0 Å². The summed E-state index contributed by atoms with van der Waals surface area (Å²) in [6.45, 7) is 2.95. The Balaban J connectivity index is 1.39. The molecule has 4 N–H and O–H groups in total. The molecule has 1 amide bonds. The number of nitrogens with one attached hydrogen (secondary N) is 3. The molecule has 0 aliphatic carbocycles. The first-order valence-corrected chi connectivity index (χ1v) is 9.59. The molecule has 0 bridgehead atoms. The lowest BCUT2D eigenvalue weighted by atomic mass is 10.1. The number of aliphatic hydroxyl groups is 1. The van der Waals surface area contributed by atoms with Gasteiger partial charge in [0.1, 0.15) is 23.3 Å². The highest BCUT2D eigenvalue weighted by Crippen LogP contribution is 2.23. The number of aromatic amines is 1. The van der Waals surface area contributed by atoms with Gasteiger partial charge >= 0.3 is 0 Å². The molecule has 9 nitrogen and oxygen atoms in total. The van der Waals surface area contributed by atoms with Crippen LogP contribution in [0.5, 0.6) is 0 Å². The van der Waals surface area contributed by atoms with Crippen LogP contribution in [0.4, 0.5) is 27.5 Å². The van der Waals surface area contributed by atoms with Crippen LogP contribution in [-0.2, 0) is 17.6 Å². The third kappa shape index (κ3) is 4.54. The second kappa shape index (κ2) is 8.46. The first-order chi connectivity index (χ1) is 14.5. The Bertz CT molecular complexity index is 1050. The average molecular weight is 411 g/mol. The summed E-state index contributed by atoms with van der Waals surface area (Å²) in [6, 6.07) is 8.37. The van der Waals surface area contributed by atoms with Gasteiger partial charge in [-0.05, 0) is 37.5 Å². The average Bonchev–Trinajstić information content (AvgIpc) is 3.13. The third-order valence-corrected chi connectivity index (χ3v) is 4.83. The van der Waals surface area contributed by atoms with Gasteiger partial charge in [-0.25, -0.2) is 14.4 Å². The number of aryl methyl sites for hydroxylation is 3. The van der Waals surface area contributed by atoms with E-state index in [1.807, 2.05) is 24.0 Å². The van der Waals surface area contributed by atoms with Crippen LogP contribution in [0.15, 0.2) is 30.3 Å². The molecule has 3 heterocycles. The number of aliphatic hydroxyl groups excluding tert-OH is 1. The zero-order chi connectivity index (χ0) is 21.1. The summed E-state index contributed by atoms with van der Waals surface area (Å²) in [4.78, 5) is 21.3. The number of hydrogen-bond acceptors (Lipinski definition) is 7. The number of H-pyrrole nitrogens is 1. The number of anilines is 4. The van der Waals surface area contributed by atoms with E-state index < -0.39 is 5.82 Å². The number of benzene rings is 1. The maximum atomic E-state index is 13.6. The van der Waals surface area contributed by atoms with Gasteiger partial charge in [0.2, 0.25) is 6.41 Å². The van der Waals surface area contributed by atoms with Gasteiger partial charge in [-0.3, -0.25) is 9.89 Å². The van der Waals surface area contributed by atoms with E-state index in [1.54, 1.807) is 12.1 Å². The number of halogens is 1. The Morgan fingerprint density at radius 3 is 2.83 bits per heavy atom. The summed E-state index contributed by atoms with van der Waals surface area (Å²) in [5.41, 5.74) is 1.97. The fourth-order valence-electron chi connectivity index (χ4n) is 3.29. The largest absolute Gasteiger partial charge is 0.389 e. The number of carbonyl (C=O) groups excluding carboxylic acids is 1. The molecule has 1 fully saturated rings. The SMILES string of the molecule is Cc1nc(Nc2cc(CCc3ccc(F)c(NC=O)c3)[nH]n2)cc(N2CC(O)C2)n1. The van der Waals surface area contributed by atoms with E-state index in [2.05, 4.69) is 30.8 Å². The normalized spacial score (nSPS) is 13.8. The molecule has 3 aromatic rings. The minimum atomic E-state index is -0.467. The second-order valence-electron chi connectivity index (χ2n) is 7.20. The number of amides is 1. The monoisotopic (exact) mass is 411 g/mol. The van der Waals surface area contributed by atoms with Gasteiger partial charge in [0, 0.05) is 30.9 Å². The van der Waals surface area contributed by atoms with Crippen LogP contribution in [0.25, 0.3) is 0 Å². The fraction of sp³-hybridized carbons (Fsp3) is 0.300. The summed E-state index contributed by atoms with van der Waals surface area (Å²) in [5, 5.41) is 22.3. The molecule has 1 aromatic carbocycles. The van der Waals surface area contributed by atoms with Gasteiger partial charge in [0.05, 0.1) is 11.8 Å². The van der Waals surface area contributed by atoms with Gasteiger partial charge < -0.3 is 20.6 Å². The van der Waals surface area contributed by atoms with Crippen LogP contribution < -0.4 is 15.5 Å². The maximum Gasteiger partial charge on any atom is 0.211 e. The van der Waals surface area contributed by atoms with Gasteiger partial charge in [-0.1, -0.05) is 6.07 Å². The van der Waals surface area contributed by atoms with E-state index in [0.29, 0.717) is 49.8 Å². The van der Waals surface area contributed by atoms with Gasteiger partial charge in [-0.15, -0.1) is 0 Å². The molecule has 0 saturated carbocycles. The number of rotatable bonds is 8. The summed E-state index contributed by atoms with van der Waals surface area (Å²) in [7, 11) is 0. The lowest BCUT2D eigenvalue weighted by Gasteiger charge is -2.36. The summed E-state index contributed by atoms with van der Waals surface area (Å²) >= 11 is 0. The molecule has 2 aromatic heterocycles. The molecular weight excluding hydrogens is 389 g/mol. The molecule has 0 atom stereocenters. The number of β-amino-alcohol motifs (C(OH)–C–C–N with tert-alkyl or cyclic N) is 1. The van der Waals surface area contributed by atoms with E-state index in [4.69, 9.17) is 0 Å². The standard InChI is InChI=1S/C20H22FN7O2/c1-12-23-18(8-20(24-12)28-9-15(30)10-28)25-19-7-14(26-27-19)4-2-13-3-5-16(21)17(6-13)22-11-29/h3,5-8,11,15,30H,2,4,9-10H2,1H3,(H,22,29)(H2,23,24,25,26,27). The number of carbonyl (C=O) groups is 1. The van der Waals surface area contributed by atoms with Crippen molar-refractivity contribution in [2.45, 2.75) is 25.9 Å².